The lowest BCUT2D eigenvalue weighted by Crippen LogP contribution is -1.96. The molecule has 0 nitrogen and oxygen atoms in total. The fraction of sp³-hybridized carbons (Fsp3) is 0.0769. The van der Waals surface area contributed by atoms with Crippen molar-refractivity contribution in [1.82, 2.24) is 0 Å². The molecular formula is C13H12BrP. The number of rotatable bonds is 3. The Morgan fingerprint density at radius 2 is 1.33 bits per heavy atom. The first-order valence-electron chi connectivity index (χ1n) is 4.88. The fourth-order valence-electron chi connectivity index (χ4n) is 1.42. The Kier molecular flexibility index (Phi) is 3.94. The van der Waals surface area contributed by atoms with Gasteiger partial charge in [-0.3, -0.25) is 0 Å². The average Bonchev–Trinajstić information content (AvgIpc) is 2.31. The molecule has 0 N–H and O–H groups in total. The molecule has 1 atom stereocenters. The molecule has 2 rings (SSSR count). The van der Waals surface area contributed by atoms with E-state index in [0.29, 0.717) is 0 Å². The molecule has 0 radical (unpaired) electrons. The van der Waals surface area contributed by atoms with Crippen LogP contribution in [0.4, 0.5) is 0 Å². The second-order valence-corrected chi connectivity index (χ2v) is 7.47. The van der Waals surface area contributed by atoms with Crippen LogP contribution in [0, 0.1) is 0 Å². The predicted octanol–water partition coefficient (Wildman–Crippen LogP) is 4.30. The van der Waals surface area contributed by atoms with Crippen molar-refractivity contribution in [3.63, 3.8) is 0 Å². The van der Waals surface area contributed by atoms with E-state index in [4.69, 9.17) is 0 Å². The lowest BCUT2D eigenvalue weighted by atomic mass is 10.2. The van der Waals surface area contributed by atoms with Crippen LogP contribution in [-0.2, 0) is 6.16 Å². The van der Waals surface area contributed by atoms with Crippen LogP contribution in [0.2, 0.25) is 0 Å². The van der Waals surface area contributed by atoms with E-state index < -0.39 is 0 Å². The molecular weight excluding hydrogens is 267 g/mol. The van der Waals surface area contributed by atoms with Crippen LogP contribution in [0.5, 0.6) is 0 Å². The molecule has 0 spiro atoms. The minimum absolute atomic E-state index is 0.239. The van der Waals surface area contributed by atoms with Crippen molar-refractivity contribution in [3.8, 4) is 0 Å². The minimum Gasteiger partial charge on any atom is -0.0622 e. The first kappa shape index (κ1) is 10.9. The van der Waals surface area contributed by atoms with Gasteiger partial charge in [0, 0.05) is 6.16 Å². The van der Waals surface area contributed by atoms with E-state index in [9.17, 15) is 0 Å². The SMILES string of the molecule is BrP(Cc1ccccc1)c1ccccc1. The van der Waals surface area contributed by atoms with Gasteiger partial charge in [-0.05, 0) is 17.5 Å². The highest BCUT2D eigenvalue weighted by Gasteiger charge is 2.06. The number of hydrogen-bond acceptors (Lipinski definition) is 0. The molecule has 2 heteroatoms. The molecule has 0 aliphatic carbocycles. The van der Waals surface area contributed by atoms with Gasteiger partial charge in [0.2, 0.25) is 0 Å². The first-order chi connectivity index (χ1) is 7.36. The fourth-order valence-corrected chi connectivity index (χ4v) is 4.21. The molecule has 0 aromatic heterocycles. The Balaban J connectivity index is 2.08. The van der Waals surface area contributed by atoms with E-state index in [1.54, 1.807) is 0 Å². The Bertz CT molecular complexity index is 399. The van der Waals surface area contributed by atoms with E-state index in [1.807, 2.05) is 0 Å². The highest BCUT2D eigenvalue weighted by atomic mass is 79.9. The molecule has 76 valence electrons. The van der Waals surface area contributed by atoms with Gasteiger partial charge in [-0.1, -0.05) is 76.2 Å². The molecule has 0 aliphatic rings. The third kappa shape index (κ3) is 3.15. The van der Waals surface area contributed by atoms with Gasteiger partial charge in [0.25, 0.3) is 0 Å². The van der Waals surface area contributed by atoms with E-state index in [-0.39, 0.29) is 6.62 Å². The van der Waals surface area contributed by atoms with Gasteiger partial charge in [0.1, 0.15) is 0 Å². The molecule has 2 aromatic rings. The van der Waals surface area contributed by atoms with Crippen molar-refractivity contribution < 1.29 is 0 Å². The second kappa shape index (κ2) is 5.44. The van der Waals surface area contributed by atoms with Crippen molar-refractivity contribution in [2.24, 2.45) is 0 Å². The topological polar surface area (TPSA) is 0 Å². The zero-order valence-corrected chi connectivity index (χ0v) is 10.8. The van der Waals surface area contributed by atoms with E-state index in [0.717, 1.165) is 6.16 Å². The van der Waals surface area contributed by atoms with Crippen molar-refractivity contribution in [2.45, 2.75) is 6.16 Å². The summed E-state index contributed by atoms with van der Waals surface area (Å²) in [4.78, 5) is 0. The quantitative estimate of drug-likeness (QED) is 0.735. The summed E-state index contributed by atoms with van der Waals surface area (Å²) >= 11 is 3.79. The maximum atomic E-state index is 3.79. The number of hydrogen-bond donors (Lipinski definition) is 0. The zero-order chi connectivity index (χ0) is 10.5. The first-order valence-corrected chi connectivity index (χ1v) is 8.43. The van der Waals surface area contributed by atoms with Crippen molar-refractivity contribution in [3.05, 3.63) is 66.2 Å². The molecule has 0 heterocycles. The lowest BCUT2D eigenvalue weighted by Gasteiger charge is -2.09. The summed E-state index contributed by atoms with van der Waals surface area (Å²) in [5, 5.41) is 1.40. The molecule has 0 aliphatic heterocycles. The molecule has 0 amide bonds. The molecule has 2 aromatic carbocycles. The van der Waals surface area contributed by atoms with Crippen LogP contribution in [-0.4, -0.2) is 0 Å². The van der Waals surface area contributed by atoms with Gasteiger partial charge in [-0.2, -0.15) is 0 Å². The number of halogens is 1. The van der Waals surface area contributed by atoms with Crippen molar-refractivity contribution in [1.29, 1.82) is 0 Å². The maximum Gasteiger partial charge on any atom is 0.00658 e. The summed E-state index contributed by atoms with van der Waals surface area (Å²) in [5.41, 5.74) is 1.39. The number of benzene rings is 2. The lowest BCUT2D eigenvalue weighted by molar-refractivity contribution is 1.41. The normalized spacial score (nSPS) is 12.3. The van der Waals surface area contributed by atoms with E-state index in [1.165, 1.54) is 10.9 Å². The van der Waals surface area contributed by atoms with Crippen LogP contribution >= 0.6 is 22.1 Å². The van der Waals surface area contributed by atoms with Gasteiger partial charge in [0.05, 0.1) is 0 Å². The molecule has 0 fully saturated rings. The van der Waals surface area contributed by atoms with E-state index in [2.05, 4.69) is 76.2 Å². The summed E-state index contributed by atoms with van der Waals surface area (Å²) < 4.78 is 0. The van der Waals surface area contributed by atoms with Crippen molar-refractivity contribution >= 4 is 27.4 Å². The van der Waals surface area contributed by atoms with Crippen LogP contribution < -0.4 is 5.30 Å². The summed E-state index contributed by atoms with van der Waals surface area (Å²) in [6.07, 6.45) is 1.10. The van der Waals surface area contributed by atoms with Crippen LogP contribution in [0.1, 0.15) is 5.56 Å². The summed E-state index contributed by atoms with van der Waals surface area (Å²) in [6, 6.07) is 21.2. The summed E-state index contributed by atoms with van der Waals surface area (Å²) in [5.74, 6) is 0. The standard InChI is InChI=1S/C13H12BrP/c14-15(13-9-5-2-6-10-13)11-12-7-3-1-4-8-12/h1-10H,11H2. The minimum atomic E-state index is -0.239. The Morgan fingerprint density at radius 3 is 1.93 bits per heavy atom. The second-order valence-electron chi connectivity index (χ2n) is 3.34. The third-order valence-electron chi connectivity index (χ3n) is 2.20. The Hall–Kier alpha value is -0.650. The zero-order valence-electron chi connectivity index (χ0n) is 8.31. The monoisotopic (exact) mass is 278 g/mol. The maximum absolute atomic E-state index is 3.79. The van der Waals surface area contributed by atoms with E-state index >= 15 is 0 Å². The van der Waals surface area contributed by atoms with Gasteiger partial charge in [-0.15, -0.1) is 0 Å². The molecule has 15 heavy (non-hydrogen) atoms. The third-order valence-corrected chi connectivity index (χ3v) is 5.68. The van der Waals surface area contributed by atoms with Gasteiger partial charge in [0.15, 0.2) is 0 Å². The van der Waals surface area contributed by atoms with Crippen LogP contribution in [0.15, 0.2) is 60.7 Å². The van der Waals surface area contributed by atoms with Crippen molar-refractivity contribution in [2.75, 3.05) is 0 Å². The van der Waals surface area contributed by atoms with Crippen LogP contribution in [0.3, 0.4) is 0 Å². The molecule has 0 saturated heterocycles. The van der Waals surface area contributed by atoms with Gasteiger partial charge in [-0.25, -0.2) is 0 Å². The average molecular weight is 279 g/mol. The van der Waals surface area contributed by atoms with Gasteiger partial charge < -0.3 is 0 Å². The molecule has 0 saturated carbocycles. The molecule has 1 unspecified atom stereocenters. The highest BCUT2D eigenvalue weighted by molar-refractivity contribution is 9.40. The predicted molar refractivity (Wildman–Crippen MR) is 72.1 cm³/mol. The van der Waals surface area contributed by atoms with Gasteiger partial charge >= 0.3 is 0 Å². The smallest absolute Gasteiger partial charge is 0.00658 e. The summed E-state index contributed by atoms with van der Waals surface area (Å²) in [7, 11) is 0. The Labute approximate surface area is 99.8 Å². The highest BCUT2D eigenvalue weighted by Crippen LogP contribution is 2.46. The van der Waals surface area contributed by atoms with Crippen LogP contribution in [0.25, 0.3) is 0 Å². The molecule has 0 bridgehead atoms. The largest absolute Gasteiger partial charge is 0.0622 e. The summed E-state index contributed by atoms with van der Waals surface area (Å²) in [6.45, 7) is -0.239. The Morgan fingerprint density at radius 1 is 0.800 bits per heavy atom.